The Morgan fingerprint density at radius 1 is 1.15 bits per heavy atom. The topological polar surface area (TPSA) is 105 Å². The van der Waals surface area contributed by atoms with E-state index in [2.05, 4.69) is 10.1 Å². The van der Waals surface area contributed by atoms with Gasteiger partial charge in [-0.2, -0.15) is 9.61 Å². The highest BCUT2D eigenvalue weighted by Crippen LogP contribution is 2.28. The highest BCUT2D eigenvalue weighted by atomic mass is 32.1. The molecule has 2 aromatic heterocycles. The lowest BCUT2D eigenvalue weighted by Crippen LogP contribution is -2.39. The summed E-state index contributed by atoms with van der Waals surface area (Å²) in [6, 6.07) is 0.418. The van der Waals surface area contributed by atoms with Crippen molar-refractivity contribution in [1.29, 1.82) is 0 Å². The first-order valence-corrected chi connectivity index (χ1v) is 9.39. The van der Waals surface area contributed by atoms with E-state index in [-0.39, 0.29) is 23.8 Å². The van der Waals surface area contributed by atoms with Gasteiger partial charge in [0, 0.05) is 12.1 Å². The van der Waals surface area contributed by atoms with Crippen LogP contribution in [0.5, 0.6) is 0 Å². The van der Waals surface area contributed by atoms with E-state index in [1.165, 1.54) is 21.9 Å². The van der Waals surface area contributed by atoms with Crippen LogP contribution in [0, 0.1) is 0 Å². The smallest absolute Gasteiger partial charge is 0.267 e. The van der Waals surface area contributed by atoms with Gasteiger partial charge >= 0.3 is 17.8 Å². The summed E-state index contributed by atoms with van der Waals surface area (Å²) in [5.41, 5.74) is -0.108. The zero-order valence-corrected chi connectivity index (χ0v) is 15.0. The highest BCUT2D eigenvalue weighted by Gasteiger charge is 2.48. The predicted octanol–water partition coefficient (Wildman–Crippen LogP) is 0.947. The number of hydrogen-bond acceptors (Lipinski definition) is 7. The molecule has 0 radical (unpaired) electrons. The van der Waals surface area contributed by atoms with Gasteiger partial charge in [0.25, 0.3) is 5.56 Å². The normalized spacial score (nSPS) is 18.7. The predicted molar refractivity (Wildman–Crippen MR) is 91.6 cm³/mol. The Labute approximate surface area is 152 Å². The van der Waals surface area contributed by atoms with Crippen LogP contribution in [0.1, 0.15) is 43.3 Å². The number of fused-ring (bicyclic) bond motifs is 1. The number of aryl methyl sites for hydroxylation is 1. The number of nitrogens with zero attached hydrogens (tertiary/aromatic N) is 5. The fourth-order valence-corrected chi connectivity index (χ4v) is 4.29. The van der Waals surface area contributed by atoms with Gasteiger partial charge in [-0.1, -0.05) is 31.1 Å². The van der Waals surface area contributed by atoms with Gasteiger partial charge in [0.05, 0.1) is 12.2 Å². The number of amides is 4. The van der Waals surface area contributed by atoms with E-state index >= 15 is 0 Å². The molecule has 1 saturated carbocycles. The van der Waals surface area contributed by atoms with Crippen molar-refractivity contribution >= 4 is 34.1 Å². The number of carbonyl (C=O) groups excluding carboxylic acids is 3. The van der Waals surface area contributed by atoms with Gasteiger partial charge in [0.1, 0.15) is 5.01 Å². The van der Waals surface area contributed by atoms with Gasteiger partial charge in [-0.15, -0.1) is 0 Å². The number of rotatable bonds is 4. The van der Waals surface area contributed by atoms with Gasteiger partial charge in [-0.05, 0) is 19.3 Å². The SMILES string of the molecule is CCc1nn2c(=O)cc(CN3C(=O)C(=O)N(C4CCCC4)C3=O)nc2s1. The molecule has 2 aromatic rings. The average molecular weight is 375 g/mol. The number of urea groups is 1. The summed E-state index contributed by atoms with van der Waals surface area (Å²) in [6.45, 7) is 1.73. The quantitative estimate of drug-likeness (QED) is 0.582. The highest BCUT2D eigenvalue weighted by molar-refractivity contribution is 7.16. The molecular weight excluding hydrogens is 358 g/mol. The lowest BCUT2D eigenvalue weighted by molar-refractivity contribution is -0.144. The second-order valence-electron chi connectivity index (χ2n) is 6.42. The Hall–Kier alpha value is -2.62. The standard InChI is InChI=1S/C16H17N5O4S/c1-2-11-18-21-12(22)7-9(17-15(21)26-11)8-19-13(23)14(24)20(16(19)25)10-5-3-4-6-10/h7,10H,2-6,8H2,1H3. The summed E-state index contributed by atoms with van der Waals surface area (Å²) < 4.78 is 1.20. The van der Waals surface area contributed by atoms with Gasteiger partial charge in [-0.25, -0.2) is 14.7 Å². The van der Waals surface area contributed by atoms with Crippen molar-refractivity contribution in [2.24, 2.45) is 0 Å². The molecule has 0 unspecified atom stereocenters. The summed E-state index contributed by atoms with van der Waals surface area (Å²) >= 11 is 1.28. The molecule has 1 aliphatic heterocycles. The van der Waals surface area contributed by atoms with Crippen LogP contribution in [-0.2, 0) is 22.6 Å². The van der Waals surface area contributed by atoms with Crippen LogP contribution in [0.15, 0.2) is 10.9 Å². The molecule has 1 saturated heterocycles. The van der Waals surface area contributed by atoms with Crippen LogP contribution in [0.2, 0.25) is 0 Å². The largest absolute Gasteiger partial charge is 0.334 e. The molecule has 10 heteroatoms. The summed E-state index contributed by atoms with van der Waals surface area (Å²) in [5.74, 6) is -1.65. The van der Waals surface area contributed by atoms with Crippen LogP contribution in [0.4, 0.5) is 4.79 Å². The van der Waals surface area contributed by atoms with Crippen molar-refractivity contribution in [2.45, 2.75) is 51.6 Å². The van der Waals surface area contributed by atoms with Gasteiger partial charge in [0.15, 0.2) is 0 Å². The van der Waals surface area contributed by atoms with E-state index in [4.69, 9.17) is 0 Å². The maximum absolute atomic E-state index is 12.6. The summed E-state index contributed by atoms with van der Waals surface area (Å²) in [5, 5.41) is 4.93. The molecule has 0 aromatic carbocycles. The van der Waals surface area contributed by atoms with Gasteiger partial charge in [-0.3, -0.25) is 19.3 Å². The van der Waals surface area contributed by atoms with Crippen molar-refractivity contribution in [2.75, 3.05) is 0 Å². The zero-order chi connectivity index (χ0) is 18.4. The molecule has 9 nitrogen and oxygen atoms in total. The minimum atomic E-state index is -0.859. The molecule has 0 spiro atoms. The molecule has 3 heterocycles. The van der Waals surface area contributed by atoms with Crippen LogP contribution in [-0.4, -0.2) is 48.3 Å². The Bertz CT molecular complexity index is 975. The number of hydrogen-bond donors (Lipinski definition) is 0. The first kappa shape index (κ1) is 16.8. The Kier molecular flexibility index (Phi) is 4.06. The minimum absolute atomic E-state index is 0.197. The van der Waals surface area contributed by atoms with Crippen molar-refractivity contribution in [3.8, 4) is 0 Å². The molecule has 26 heavy (non-hydrogen) atoms. The molecule has 136 valence electrons. The molecular formula is C16H17N5O4S. The molecule has 2 aliphatic rings. The minimum Gasteiger partial charge on any atom is -0.267 e. The van der Waals surface area contributed by atoms with Crippen LogP contribution < -0.4 is 5.56 Å². The van der Waals surface area contributed by atoms with E-state index in [1.807, 2.05) is 6.92 Å². The fraction of sp³-hybridized carbons (Fsp3) is 0.500. The van der Waals surface area contributed by atoms with Crippen LogP contribution in [0.3, 0.4) is 0 Å². The summed E-state index contributed by atoms with van der Waals surface area (Å²) in [6.07, 6.45) is 4.01. The molecule has 0 atom stereocenters. The van der Waals surface area contributed by atoms with Crippen molar-refractivity contribution in [3.05, 3.63) is 27.1 Å². The maximum atomic E-state index is 12.6. The Morgan fingerprint density at radius 2 is 1.88 bits per heavy atom. The Balaban J connectivity index is 1.63. The molecule has 0 bridgehead atoms. The Morgan fingerprint density at radius 3 is 2.58 bits per heavy atom. The molecule has 1 aliphatic carbocycles. The van der Waals surface area contributed by atoms with Crippen molar-refractivity contribution in [3.63, 3.8) is 0 Å². The first-order chi connectivity index (χ1) is 12.5. The lowest BCUT2D eigenvalue weighted by Gasteiger charge is -2.20. The van der Waals surface area contributed by atoms with Crippen LogP contribution in [0.25, 0.3) is 4.96 Å². The average Bonchev–Trinajstić information content (AvgIpc) is 3.32. The third-order valence-corrected chi connectivity index (χ3v) is 5.79. The molecule has 2 fully saturated rings. The molecule has 4 amide bonds. The van der Waals surface area contributed by atoms with E-state index in [0.717, 1.165) is 40.5 Å². The number of carbonyl (C=O) groups is 3. The van der Waals surface area contributed by atoms with E-state index in [0.29, 0.717) is 11.4 Å². The van der Waals surface area contributed by atoms with Crippen molar-refractivity contribution in [1.82, 2.24) is 24.4 Å². The van der Waals surface area contributed by atoms with E-state index < -0.39 is 17.8 Å². The second-order valence-corrected chi connectivity index (χ2v) is 7.46. The van der Waals surface area contributed by atoms with Gasteiger partial charge < -0.3 is 0 Å². The fourth-order valence-electron chi connectivity index (χ4n) is 3.43. The van der Waals surface area contributed by atoms with Crippen LogP contribution >= 0.6 is 11.3 Å². The van der Waals surface area contributed by atoms with Crippen molar-refractivity contribution < 1.29 is 14.4 Å². The van der Waals surface area contributed by atoms with E-state index in [9.17, 15) is 19.2 Å². The second kappa shape index (κ2) is 6.27. The van der Waals surface area contributed by atoms with E-state index in [1.54, 1.807) is 0 Å². The number of aromatic nitrogens is 3. The first-order valence-electron chi connectivity index (χ1n) is 8.57. The summed E-state index contributed by atoms with van der Waals surface area (Å²) in [7, 11) is 0. The molecule has 4 rings (SSSR count). The summed E-state index contributed by atoms with van der Waals surface area (Å²) in [4.78, 5) is 56.0. The molecule has 0 N–H and O–H groups in total. The monoisotopic (exact) mass is 375 g/mol. The third-order valence-electron chi connectivity index (χ3n) is 4.74. The maximum Gasteiger partial charge on any atom is 0.334 e. The van der Waals surface area contributed by atoms with Gasteiger partial charge in [0.2, 0.25) is 4.96 Å². The number of imide groups is 2. The third kappa shape index (κ3) is 2.61. The lowest BCUT2D eigenvalue weighted by atomic mass is 10.2. The zero-order valence-electron chi connectivity index (χ0n) is 14.2.